The number of hydrogen-bond acceptors (Lipinski definition) is 2. The van der Waals surface area contributed by atoms with Crippen LogP contribution in [0.1, 0.15) is 28.2 Å². The minimum atomic E-state index is -1.69. The van der Waals surface area contributed by atoms with Crippen LogP contribution in [0.25, 0.3) is 0 Å². The molecular formula is C28H20Cl6O3. The number of carboxylic acid groups (broad SMARTS) is 1. The van der Waals surface area contributed by atoms with E-state index in [-0.39, 0.29) is 5.92 Å². The normalized spacial score (nSPS) is 11.5. The maximum atomic E-state index is 11.6. The zero-order chi connectivity index (χ0) is 27.1. The van der Waals surface area contributed by atoms with Crippen LogP contribution < -0.4 is 0 Å². The van der Waals surface area contributed by atoms with Crippen LogP contribution >= 0.6 is 69.9 Å². The summed E-state index contributed by atoms with van der Waals surface area (Å²) in [4.78, 5) is 11.6. The van der Waals surface area contributed by atoms with Gasteiger partial charge < -0.3 is 5.11 Å². The Morgan fingerprint density at radius 3 is 1.27 bits per heavy atom. The second-order valence-corrected chi connectivity index (χ2v) is 11.3. The van der Waals surface area contributed by atoms with Gasteiger partial charge in [0.1, 0.15) is 0 Å². The molecule has 0 bridgehead atoms. The Labute approximate surface area is 245 Å². The molecule has 4 rings (SSSR count). The van der Waals surface area contributed by atoms with Crippen LogP contribution in [0, 0.1) is 0 Å². The molecule has 0 aliphatic rings. The molecule has 0 aliphatic carbocycles. The third-order valence-corrected chi connectivity index (χ3v) is 6.90. The van der Waals surface area contributed by atoms with Crippen molar-refractivity contribution in [2.24, 2.45) is 0 Å². The van der Waals surface area contributed by atoms with Crippen LogP contribution in [0.5, 0.6) is 0 Å². The first-order chi connectivity index (χ1) is 17.6. The van der Waals surface area contributed by atoms with Crippen molar-refractivity contribution in [2.45, 2.75) is 15.3 Å². The van der Waals surface area contributed by atoms with Crippen LogP contribution in [0.2, 0.25) is 10.0 Å². The van der Waals surface area contributed by atoms with Crippen molar-refractivity contribution in [1.29, 1.82) is 0 Å². The fourth-order valence-corrected chi connectivity index (χ4v) is 5.01. The van der Waals surface area contributed by atoms with Crippen molar-refractivity contribution in [3.63, 3.8) is 0 Å². The number of carbonyl (C=O) groups is 1. The molecule has 0 saturated carbocycles. The van der Waals surface area contributed by atoms with Crippen LogP contribution in [0.3, 0.4) is 0 Å². The molecule has 0 heterocycles. The summed E-state index contributed by atoms with van der Waals surface area (Å²) in [6, 6.07) is 31.7. The monoisotopic (exact) mass is 614 g/mol. The summed E-state index contributed by atoms with van der Waals surface area (Å²) in [5.41, 5.74) is 1.01. The second kappa shape index (κ2) is 13.2. The first-order valence-corrected chi connectivity index (χ1v) is 13.0. The molecule has 9 heteroatoms. The highest BCUT2D eigenvalue weighted by Gasteiger charge is 2.44. The van der Waals surface area contributed by atoms with Gasteiger partial charge in [-0.15, -0.1) is 0 Å². The predicted molar refractivity (Wildman–Crippen MR) is 153 cm³/mol. The van der Waals surface area contributed by atoms with Crippen molar-refractivity contribution in [2.75, 3.05) is 0 Å². The Bertz CT molecular complexity index is 1190. The average molecular weight is 617 g/mol. The van der Waals surface area contributed by atoms with Gasteiger partial charge in [0.25, 0.3) is 0 Å². The van der Waals surface area contributed by atoms with E-state index < -0.39 is 15.4 Å². The summed E-state index contributed by atoms with van der Waals surface area (Å²) in [5, 5.41) is 10.8. The number of hydrogen-bond donors (Lipinski definition) is 1. The van der Waals surface area contributed by atoms with E-state index in [9.17, 15) is 9.90 Å². The second-order valence-electron chi connectivity index (χ2n) is 7.87. The van der Waals surface area contributed by atoms with Crippen LogP contribution in [0.4, 0.5) is 0 Å². The highest BCUT2D eigenvalue weighted by atomic mass is 35.6. The highest BCUT2D eigenvalue weighted by molar-refractivity contribution is 6.68. The summed E-state index contributed by atoms with van der Waals surface area (Å²) in [6.45, 7) is 0. The molecule has 0 aromatic heterocycles. The molecule has 0 unspecified atom stereocenters. The van der Waals surface area contributed by atoms with Gasteiger partial charge in [-0.1, -0.05) is 143 Å². The van der Waals surface area contributed by atoms with E-state index in [2.05, 4.69) is 0 Å². The molecule has 0 fully saturated rings. The van der Waals surface area contributed by atoms with E-state index in [1.165, 1.54) is 0 Å². The van der Waals surface area contributed by atoms with Crippen molar-refractivity contribution < 1.29 is 14.2 Å². The molecular weight excluding hydrogens is 597 g/mol. The summed E-state index contributed by atoms with van der Waals surface area (Å²) < 4.78 is 3.39. The lowest BCUT2D eigenvalue weighted by Crippen LogP contribution is -2.37. The third-order valence-electron chi connectivity index (χ3n) is 5.51. The van der Waals surface area contributed by atoms with E-state index in [0.29, 0.717) is 21.2 Å². The molecule has 4 aromatic rings. The largest absolute Gasteiger partial charge is 0.479 e. The summed E-state index contributed by atoms with van der Waals surface area (Å²) in [5.74, 6) is -1.54. The topological polar surface area (TPSA) is 46.5 Å². The Morgan fingerprint density at radius 1 is 0.649 bits per heavy atom. The van der Waals surface area contributed by atoms with Gasteiger partial charge in [-0.2, -0.15) is 0 Å². The fraction of sp³-hybridized carbons (Fsp3) is 0.107. The molecule has 0 amide bonds. The highest BCUT2D eigenvalue weighted by Crippen LogP contribution is 2.46. The van der Waals surface area contributed by atoms with Gasteiger partial charge in [0.05, 0.1) is 17.8 Å². The van der Waals surface area contributed by atoms with Crippen LogP contribution in [-0.2, 0) is 14.7 Å². The number of benzene rings is 4. The lowest BCUT2D eigenvalue weighted by molar-refractivity contribution is -0.152. The quantitative estimate of drug-likeness (QED) is 0.219. The minimum Gasteiger partial charge on any atom is -0.479 e. The van der Waals surface area contributed by atoms with Gasteiger partial charge in [-0.3, -0.25) is 4.29 Å². The molecule has 37 heavy (non-hydrogen) atoms. The number of aliphatic carboxylic acids is 1. The molecule has 4 aromatic carbocycles. The van der Waals surface area contributed by atoms with Crippen molar-refractivity contribution in [3.8, 4) is 0 Å². The summed E-state index contributed by atoms with van der Waals surface area (Å²) in [6.07, 6.45) is 0. The van der Waals surface area contributed by atoms with Gasteiger partial charge in [0, 0.05) is 21.2 Å². The Kier molecular flexibility index (Phi) is 10.6. The first kappa shape index (κ1) is 29.6. The fourth-order valence-electron chi connectivity index (χ4n) is 3.76. The van der Waals surface area contributed by atoms with Gasteiger partial charge in [-0.05, 0) is 35.4 Å². The maximum Gasteiger partial charge on any atom is 0.347 e. The van der Waals surface area contributed by atoms with Crippen molar-refractivity contribution in [3.05, 3.63) is 141 Å². The van der Waals surface area contributed by atoms with E-state index in [1.807, 2.05) is 24.3 Å². The Hall–Kier alpha value is -1.95. The zero-order valence-corrected chi connectivity index (χ0v) is 23.5. The van der Waals surface area contributed by atoms with Crippen molar-refractivity contribution in [1.82, 2.24) is 0 Å². The Balaban J connectivity index is 0.000000206. The molecule has 3 nitrogen and oxygen atoms in total. The lowest BCUT2D eigenvalue weighted by Gasteiger charge is -2.26. The maximum absolute atomic E-state index is 11.6. The molecule has 0 radical (unpaired) electrons. The molecule has 0 atom stereocenters. The van der Waals surface area contributed by atoms with E-state index in [1.54, 1.807) is 84.9 Å². The smallest absolute Gasteiger partial charge is 0.347 e. The first-order valence-electron chi connectivity index (χ1n) is 10.8. The van der Waals surface area contributed by atoms with E-state index >= 15 is 0 Å². The van der Waals surface area contributed by atoms with Crippen LogP contribution in [0.15, 0.2) is 109 Å². The summed E-state index contributed by atoms with van der Waals surface area (Å²) in [7, 11) is 0. The molecule has 0 aliphatic heterocycles. The molecule has 192 valence electrons. The average Bonchev–Trinajstić information content (AvgIpc) is 2.88. The van der Waals surface area contributed by atoms with E-state index in [4.69, 9.17) is 74.2 Å². The van der Waals surface area contributed by atoms with E-state index in [0.717, 1.165) is 11.1 Å². The zero-order valence-electron chi connectivity index (χ0n) is 19.0. The minimum absolute atomic E-state index is 0.382. The molecule has 0 spiro atoms. The number of carboxylic acids is 1. The molecule has 1 N–H and O–H groups in total. The number of rotatable bonds is 6. The van der Waals surface area contributed by atoms with Gasteiger partial charge >= 0.3 is 5.97 Å². The molecule has 0 saturated heterocycles. The van der Waals surface area contributed by atoms with Gasteiger partial charge in [-0.25, -0.2) is 4.79 Å². The third kappa shape index (κ3) is 7.34. The van der Waals surface area contributed by atoms with Crippen molar-refractivity contribution >= 4 is 75.8 Å². The van der Waals surface area contributed by atoms with Gasteiger partial charge in [0.2, 0.25) is 9.39 Å². The lowest BCUT2D eigenvalue weighted by atomic mass is 9.86. The van der Waals surface area contributed by atoms with Gasteiger partial charge in [0.15, 0.2) is 0 Å². The number of alkyl halides is 3. The SMILES string of the molecule is Clc1ccc(C(c2ccc(Cl)cc2)C(Cl)(Cl)Cl)cc1.O=C(O)C(OCl)(c1ccccc1)c1ccccc1. The predicted octanol–water partition coefficient (Wildman–Crippen LogP) is 9.68. The Morgan fingerprint density at radius 2 is 1.00 bits per heavy atom. The summed E-state index contributed by atoms with van der Waals surface area (Å²) >= 11 is 35.6. The number of halogens is 6. The van der Waals surface area contributed by atoms with Crippen LogP contribution in [-0.4, -0.2) is 14.9 Å². The standard InChI is InChI=1S/C14H9Cl5.C14H11ClO3/c15-11-5-1-9(2-6-11)13(14(17,18)19)10-3-7-12(16)8-4-10;15-18-14(13(16)17,11-7-3-1-4-8-11)12-9-5-2-6-10-12/h1-8,13H;1-10H,(H,16,17).